The highest BCUT2D eigenvalue weighted by Gasteiger charge is 2.26. The first-order valence-corrected chi connectivity index (χ1v) is 4.93. The van der Waals surface area contributed by atoms with Crippen LogP contribution in [-0.2, 0) is 0 Å². The van der Waals surface area contributed by atoms with Gasteiger partial charge in [-0.2, -0.15) is 0 Å². The Kier molecular flexibility index (Phi) is 2.59. The van der Waals surface area contributed by atoms with Crippen LogP contribution in [0.15, 0.2) is 24.3 Å². The molecule has 3 heteroatoms. The molecule has 0 saturated heterocycles. The summed E-state index contributed by atoms with van der Waals surface area (Å²) < 4.78 is 11.5. The summed E-state index contributed by atoms with van der Waals surface area (Å²) in [4.78, 5) is 0. The molecule has 1 heterocycles. The largest absolute Gasteiger partial charge is 0.483 e. The van der Waals surface area contributed by atoms with Crippen molar-refractivity contribution in [1.29, 1.82) is 0 Å². The predicted molar refractivity (Wildman–Crippen MR) is 54.6 cm³/mol. The maximum Gasteiger partial charge on any atom is 0.161 e. The molecule has 14 heavy (non-hydrogen) atoms. The fourth-order valence-corrected chi connectivity index (χ4v) is 1.64. The molecule has 2 atom stereocenters. The second-order valence-corrected chi connectivity index (χ2v) is 3.50. The van der Waals surface area contributed by atoms with E-state index in [9.17, 15) is 0 Å². The summed E-state index contributed by atoms with van der Waals surface area (Å²) in [5.74, 6) is 1.65. The van der Waals surface area contributed by atoms with Gasteiger partial charge in [-0.3, -0.25) is 0 Å². The quantitative estimate of drug-likeness (QED) is 0.775. The smallest absolute Gasteiger partial charge is 0.161 e. The van der Waals surface area contributed by atoms with Gasteiger partial charge in [0.05, 0.1) is 0 Å². The number of hydrogen-bond donors (Lipinski definition) is 1. The summed E-state index contributed by atoms with van der Waals surface area (Å²) in [5, 5.41) is 0. The van der Waals surface area contributed by atoms with Gasteiger partial charge < -0.3 is 15.2 Å². The highest BCUT2D eigenvalue weighted by molar-refractivity contribution is 5.41. The summed E-state index contributed by atoms with van der Waals surface area (Å²) in [6.45, 7) is 2.64. The lowest BCUT2D eigenvalue weighted by Crippen LogP contribution is -2.38. The second-order valence-electron chi connectivity index (χ2n) is 3.50. The van der Waals surface area contributed by atoms with Crippen LogP contribution in [0.1, 0.15) is 13.3 Å². The number of rotatable bonds is 2. The van der Waals surface area contributed by atoms with Crippen LogP contribution >= 0.6 is 0 Å². The van der Waals surface area contributed by atoms with E-state index in [1.165, 1.54) is 0 Å². The Hall–Kier alpha value is -1.22. The first-order chi connectivity index (χ1) is 6.81. The lowest BCUT2D eigenvalue weighted by Gasteiger charge is -2.31. The van der Waals surface area contributed by atoms with E-state index in [2.05, 4.69) is 0 Å². The number of hydrogen-bond acceptors (Lipinski definition) is 3. The molecule has 2 rings (SSSR count). The van der Waals surface area contributed by atoms with Crippen molar-refractivity contribution in [2.45, 2.75) is 25.6 Å². The third-order valence-corrected chi connectivity index (χ3v) is 2.42. The Labute approximate surface area is 83.8 Å². The first-order valence-electron chi connectivity index (χ1n) is 4.93. The zero-order valence-electron chi connectivity index (χ0n) is 8.27. The normalized spacial score (nSPS) is 24.7. The van der Waals surface area contributed by atoms with Crippen molar-refractivity contribution < 1.29 is 9.47 Å². The Morgan fingerprint density at radius 2 is 1.86 bits per heavy atom. The minimum absolute atomic E-state index is 0.0773. The van der Waals surface area contributed by atoms with Gasteiger partial charge in [-0.15, -0.1) is 0 Å². The van der Waals surface area contributed by atoms with Crippen molar-refractivity contribution in [3.63, 3.8) is 0 Å². The third-order valence-electron chi connectivity index (χ3n) is 2.42. The van der Waals surface area contributed by atoms with E-state index in [4.69, 9.17) is 15.2 Å². The molecule has 0 saturated carbocycles. The van der Waals surface area contributed by atoms with E-state index in [0.717, 1.165) is 17.9 Å². The summed E-state index contributed by atoms with van der Waals surface area (Å²) in [5.41, 5.74) is 5.51. The molecular weight excluding hydrogens is 178 g/mol. The number of fused-ring (bicyclic) bond motifs is 1. The third kappa shape index (κ3) is 1.68. The van der Waals surface area contributed by atoms with E-state index in [0.29, 0.717) is 6.54 Å². The molecular formula is C11H15NO2. The number of benzene rings is 1. The summed E-state index contributed by atoms with van der Waals surface area (Å²) in [6, 6.07) is 7.73. The van der Waals surface area contributed by atoms with E-state index >= 15 is 0 Å². The van der Waals surface area contributed by atoms with Gasteiger partial charge in [-0.25, -0.2) is 0 Å². The van der Waals surface area contributed by atoms with Gasteiger partial charge >= 0.3 is 0 Å². The van der Waals surface area contributed by atoms with Crippen LogP contribution < -0.4 is 15.2 Å². The molecule has 0 aromatic heterocycles. The maximum atomic E-state index is 5.78. The molecule has 1 aliphatic rings. The molecule has 0 aliphatic carbocycles. The van der Waals surface area contributed by atoms with Crippen LogP contribution in [0.5, 0.6) is 11.5 Å². The van der Waals surface area contributed by atoms with E-state index < -0.39 is 0 Å². The number of ether oxygens (including phenoxy) is 2. The molecule has 0 radical (unpaired) electrons. The number of nitrogens with two attached hydrogens (primary N) is 1. The molecule has 0 fully saturated rings. The Morgan fingerprint density at radius 1 is 1.21 bits per heavy atom. The van der Waals surface area contributed by atoms with Gasteiger partial charge in [0.2, 0.25) is 0 Å². The fourth-order valence-electron chi connectivity index (χ4n) is 1.64. The standard InChI is InChI=1S/C11H15NO2/c1-8-9(6-7-12)14-11-5-3-2-4-10(11)13-8/h2-5,8-9H,6-7,12H2,1H3. The van der Waals surface area contributed by atoms with Gasteiger partial charge in [0.1, 0.15) is 12.2 Å². The lowest BCUT2D eigenvalue weighted by molar-refractivity contribution is 0.0282. The fraction of sp³-hybridized carbons (Fsp3) is 0.455. The molecule has 2 unspecified atom stereocenters. The maximum absolute atomic E-state index is 5.78. The monoisotopic (exact) mass is 193 g/mol. The van der Waals surface area contributed by atoms with E-state index in [1.807, 2.05) is 31.2 Å². The van der Waals surface area contributed by atoms with Gasteiger partial charge in [-0.1, -0.05) is 12.1 Å². The van der Waals surface area contributed by atoms with E-state index in [-0.39, 0.29) is 12.2 Å². The lowest BCUT2D eigenvalue weighted by atomic mass is 10.1. The average molecular weight is 193 g/mol. The van der Waals surface area contributed by atoms with Crippen molar-refractivity contribution in [3.05, 3.63) is 24.3 Å². The van der Waals surface area contributed by atoms with Crippen LogP contribution in [0.4, 0.5) is 0 Å². The van der Waals surface area contributed by atoms with Crippen molar-refractivity contribution in [2.24, 2.45) is 5.73 Å². The van der Waals surface area contributed by atoms with Gasteiger partial charge in [0.25, 0.3) is 0 Å². The SMILES string of the molecule is CC1Oc2ccccc2OC1CCN. The van der Waals surface area contributed by atoms with E-state index in [1.54, 1.807) is 0 Å². The zero-order chi connectivity index (χ0) is 9.97. The Morgan fingerprint density at radius 3 is 2.50 bits per heavy atom. The van der Waals surface area contributed by atoms with Crippen LogP contribution in [0.25, 0.3) is 0 Å². The van der Waals surface area contributed by atoms with Crippen LogP contribution in [-0.4, -0.2) is 18.8 Å². The topological polar surface area (TPSA) is 44.5 Å². The molecule has 2 N–H and O–H groups in total. The van der Waals surface area contributed by atoms with Crippen LogP contribution in [0, 0.1) is 0 Å². The summed E-state index contributed by atoms with van der Waals surface area (Å²) >= 11 is 0. The van der Waals surface area contributed by atoms with Crippen LogP contribution in [0.3, 0.4) is 0 Å². The van der Waals surface area contributed by atoms with Gasteiger partial charge in [0.15, 0.2) is 11.5 Å². The van der Waals surface area contributed by atoms with Crippen molar-refractivity contribution in [1.82, 2.24) is 0 Å². The van der Waals surface area contributed by atoms with Crippen molar-refractivity contribution in [2.75, 3.05) is 6.54 Å². The first kappa shape index (κ1) is 9.34. The molecule has 1 aliphatic heterocycles. The van der Waals surface area contributed by atoms with Gasteiger partial charge in [0, 0.05) is 6.42 Å². The predicted octanol–water partition coefficient (Wildman–Crippen LogP) is 1.56. The van der Waals surface area contributed by atoms with Crippen LogP contribution in [0.2, 0.25) is 0 Å². The highest BCUT2D eigenvalue weighted by Crippen LogP contribution is 2.33. The molecule has 1 aromatic carbocycles. The molecule has 0 amide bonds. The highest BCUT2D eigenvalue weighted by atomic mass is 16.6. The molecule has 76 valence electrons. The second kappa shape index (κ2) is 3.88. The Bertz CT molecular complexity index is 314. The minimum Gasteiger partial charge on any atom is -0.483 e. The molecule has 0 spiro atoms. The number of para-hydroxylation sites is 2. The average Bonchev–Trinajstić information content (AvgIpc) is 2.19. The zero-order valence-corrected chi connectivity index (χ0v) is 8.27. The Balaban J connectivity index is 2.18. The summed E-state index contributed by atoms with van der Waals surface area (Å²) in [7, 11) is 0. The minimum atomic E-state index is 0.0773. The van der Waals surface area contributed by atoms with Crippen molar-refractivity contribution >= 4 is 0 Å². The van der Waals surface area contributed by atoms with Crippen molar-refractivity contribution in [3.8, 4) is 11.5 Å². The molecule has 1 aromatic rings. The molecule has 3 nitrogen and oxygen atoms in total. The summed E-state index contributed by atoms with van der Waals surface area (Å²) in [6.07, 6.45) is 0.985. The molecule has 0 bridgehead atoms. The van der Waals surface area contributed by atoms with Gasteiger partial charge in [-0.05, 0) is 25.6 Å².